The number of hydrogen-bond acceptors (Lipinski definition) is 6. The van der Waals surface area contributed by atoms with Gasteiger partial charge in [-0.1, -0.05) is 19.1 Å². The highest BCUT2D eigenvalue weighted by molar-refractivity contribution is 7.09. The summed E-state index contributed by atoms with van der Waals surface area (Å²) in [6, 6.07) is 0. The molecule has 0 saturated carbocycles. The van der Waals surface area contributed by atoms with Gasteiger partial charge in [-0.15, -0.1) is 5.10 Å². The second-order valence-corrected chi connectivity index (χ2v) is 4.46. The molecule has 2 aromatic heterocycles. The summed E-state index contributed by atoms with van der Waals surface area (Å²) in [7, 11) is 0. The monoisotopic (exact) mass is 238 g/mol. The third-order valence-electron chi connectivity index (χ3n) is 2.05. The molecule has 0 amide bonds. The molecule has 0 spiro atoms. The molecule has 2 heterocycles. The van der Waals surface area contributed by atoms with Crippen molar-refractivity contribution < 1.29 is 0 Å². The van der Waals surface area contributed by atoms with Crippen molar-refractivity contribution in [3.05, 3.63) is 18.2 Å². The van der Waals surface area contributed by atoms with Crippen LogP contribution in [-0.4, -0.2) is 30.9 Å². The van der Waals surface area contributed by atoms with Gasteiger partial charge >= 0.3 is 0 Å². The maximum atomic E-state index is 4.38. The van der Waals surface area contributed by atoms with Gasteiger partial charge in [-0.25, -0.2) is 4.98 Å². The Morgan fingerprint density at radius 1 is 1.50 bits per heavy atom. The van der Waals surface area contributed by atoms with Crippen molar-refractivity contribution in [1.82, 2.24) is 24.4 Å². The van der Waals surface area contributed by atoms with Crippen molar-refractivity contribution >= 4 is 16.7 Å². The van der Waals surface area contributed by atoms with Crippen LogP contribution in [0.2, 0.25) is 0 Å². The first-order valence-corrected chi connectivity index (χ1v) is 5.94. The molecule has 0 atom stereocenters. The molecule has 0 aromatic carbocycles. The molecule has 0 unspecified atom stereocenters. The van der Waals surface area contributed by atoms with Gasteiger partial charge in [0.15, 0.2) is 0 Å². The summed E-state index contributed by atoms with van der Waals surface area (Å²) in [5.74, 6) is 1.27. The van der Waals surface area contributed by atoms with Gasteiger partial charge in [0.05, 0.1) is 12.7 Å². The predicted molar refractivity (Wildman–Crippen MR) is 62.5 cm³/mol. The SMILES string of the molecule is CC(C)c1nsc(NCCn2ccnn2)n1. The lowest BCUT2D eigenvalue weighted by atomic mass is 10.2. The minimum atomic E-state index is 0.377. The van der Waals surface area contributed by atoms with Gasteiger partial charge in [-0.05, 0) is 0 Å². The van der Waals surface area contributed by atoms with Crippen LogP contribution in [0, 0.1) is 0 Å². The topological polar surface area (TPSA) is 68.5 Å². The van der Waals surface area contributed by atoms with Crippen molar-refractivity contribution in [1.29, 1.82) is 0 Å². The van der Waals surface area contributed by atoms with Crippen molar-refractivity contribution in [3.8, 4) is 0 Å². The van der Waals surface area contributed by atoms with Crippen molar-refractivity contribution in [2.75, 3.05) is 11.9 Å². The third kappa shape index (κ3) is 2.75. The molecule has 0 aliphatic heterocycles. The Kier molecular flexibility index (Phi) is 3.45. The van der Waals surface area contributed by atoms with E-state index < -0.39 is 0 Å². The second kappa shape index (κ2) is 5.02. The number of nitrogens with one attached hydrogen (secondary N) is 1. The Balaban J connectivity index is 1.81. The lowest BCUT2D eigenvalue weighted by Gasteiger charge is -2.01. The Hall–Kier alpha value is -1.50. The van der Waals surface area contributed by atoms with Crippen LogP contribution in [0.15, 0.2) is 12.4 Å². The number of nitrogens with zero attached hydrogens (tertiary/aromatic N) is 5. The standard InChI is InChI=1S/C9H14N6S/c1-7(2)8-12-9(16-13-8)10-3-5-15-6-4-11-14-15/h4,6-7H,3,5H2,1-2H3,(H,10,12,13). The lowest BCUT2D eigenvalue weighted by molar-refractivity contribution is 0.608. The quantitative estimate of drug-likeness (QED) is 0.852. The number of aromatic nitrogens is 5. The van der Waals surface area contributed by atoms with Gasteiger partial charge in [0.1, 0.15) is 5.82 Å². The molecule has 2 aromatic rings. The van der Waals surface area contributed by atoms with E-state index in [0.29, 0.717) is 5.92 Å². The van der Waals surface area contributed by atoms with Gasteiger partial charge in [0.2, 0.25) is 5.13 Å². The molecule has 0 bridgehead atoms. The molecular weight excluding hydrogens is 224 g/mol. The first-order chi connectivity index (χ1) is 7.75. The molecule has 0 aliphatic rings. The van der Waals surface area contributed by atoms with E-state index in [1.165, 1.54) is 11.5 Å². The van der Waals surface area contributed by atoms with E-state index in [1.807, 2.05) is 6.20 Å². The van der Waals surface area contributed by atoms with Crippen molar-refractivity contribution in [2.24, 2.45) is 0 Å². The van der Waals surface area contributed by atoms with E-state index in [2.05, 4.69) is 38.8 Å². The van der Waals surface area contributed by atoms with Crippen LogP contribution >= 0.6 is 11.5 Å². The third-order valence-corrected chi connectivity index (χ3v) is 2.73. The summed E-state index contributed by atoms with van der Waals surface area (Å²) in [4.78, 5) is 4.38. The van der Waals surface area contributed by atoms with Gasteiger partial charge in [-0.2, -0.15) is 4.37 Å². The zero-order valence-corrected chi connectivity index (χ0v) is 10.1. The highest BCUT2D eigenvalue weighted by Crippen LogP contribution is 2.16. The Morgan fingerprint density at radius 3 is 3.00 bits per heavy atom. The first kappa shape index (κ1) is 11.0. The van der Waals surface area contributed by atoms with Gasteiger partial charge < -0.3 is 5.32 Å². The summed E-state index contributed by atoms with van der Waals surface area (Å²) >= 11 is 1.40. The smallest absolute Gasteiger partial charge is 0.202 e. The summed E-state index contributed by atoms with van der Waals surface area (Å²) in [6.07, 6.45) is 3.50. The molecule has 16 heavy (non-hydrogen) atoms. The van der Waals surface area contributed by atoms with Gasteiger partial charge in [0.25, 0.3) is 0 Å². The van der Waals surface area contributed by atoms with E-state index in [0.717, 1.165) is 24.0 Å². The summed E-state index contributed by atoms with van der Waals surface area (Å²) in [6.45, 7) is 5.72. The predicted octanol–water partition coefficient (Wildman–Crippen LogP) is 1.37. The average Bonchev–Trinajstić information content (AvgIpc) is 2.87. The van der Waals surface area contributed by atoms with Gasteiger partial charge in [-0.3, -0.25) is 4.68 Å². The molecule has 2 rings (SSSR count). The maximum Gasteiger partial charge on any atom is 0.202 e. The van der Waals surface area contributed by atoms with Crippen LogP contribution in [0.3, 0.4) is 0 Å². The van der Waals surface area contributed by atoms with E-state index in [1.54, 1.807) is 10.9 Å². The fourth-order valence-electron chi connectivity index (χ4n) is 1.17. The summed E-state index contributed by atoms with van der Waals surface area (Å²) < 4.78 is 6.04. The second-order valence-electron chi connectivity index (χ2n) is 3.71. The van der Waals surface area contributed by atoms with Crippen LogP contribution in [0.5, 0.6) is 0 Å². The maximum absolute atomic E-state index is 4.38. The normalized spacial score (nSPS) is 10.9. The van der Waals surface area contributed by atoms with E-state index in [-0.39, 0.29) is 0 Å². The highest BCUT2D eigenvalue weighted by atomic mass is 32.1. The van der Waals surface area contributed by atoms with Crippen molar-refractivity contribution in [3.63, 3.8) is 0 Å². The fourth-order valence-corrected chi connectivity index (χ4v) is 1.90. The lowest BCUT2D eigenvalue weighted by Crippen LogP contribution is -2.10. The Labute approximate surface area is 97.9 Å². The summed E-state index contributed by atoms with van der Waals surface area (Å²) in [5, 5.41) is 11.7. The van der Waals surface area contributed by atoms with Crippen LogP contribution in [-0.2, 0) is 6.54 Å². The van der Waals surface area contributed by atoms with Crippen LogP contribution in [0.25, 0.3) is 0 Å². The fraction of sp³-hybridized carbons (Fsp3) is 0.556. The van der Waals surface area contributed by atoms with Crippen LogP contribution in [0.1, 0.15) is 25.6 Å². The van der Waals surface area contributed by atoms with Crippen LogP contribution in [0.4, 0.5) is 5.13 Å². The minimum absolute atomic E-state index is 0.377. The van der Waals surface area contributed by atoms with Gasteiger partial charge in [0, 0.05) is 30.2 Å². The van der Waals surface area contributed by atoms with E-state index in [9.17, 15) is 0 Å². The number of rotatable bonds is 5. The molecule has 0 fully saturated rings. The average molecular weight is 238 g/mol. The molecule has 7 heteroatoms. The van der Waals surface area contributed by atoms with Crippen LogP contribution < -0.4 is 5.32 Å². The number of hydrogen-bond donors (Lipinski definition) is 1. The molecule has 1 N–H and O–H groups in total. The Morgan fingerprint density at radius 2 is 2.38 bits per heavy atom. The molecule has 0 saturated heterocycles. The van der Waals surface area contributed by atoms with E-state index in [4.69, 9.17) is 0 Å². The number of anilines is 1. The zero-order chi connectivity index (χ0) is 11.4. The first-order valence-electron chi connectivity index (χ1n) is 5.17. The summed E-state index contributed by atoms with van der Waals surface area (Å²) in [5.41, 5.74) is 0. The van der Waals surface area contributed by atoms with E-state index >= 15 is 0 Å². The molecule has 6 nitrogen and oxygen atoms in total. The largest absolute Gasteiger partial charge is 0.358 e. The molecule has 86 valence electrons. The highest BCUT2D eigenvalue weighted by Gasteiger charge is 2.06. The molecule has 0 radical (unpaired) electrons. The minimum Gasteiger partial charge on any atom is -0.358 e. The zero-order valence-electron chi connectivity index (χ0n) is 9.29. The molecule has 0 aliphatic carbocycles. The van der Waals surface area contributed by atoms with Crippen molar-refractivity contribution in [2.45, 2.75) is 26.3 Å². The Bertz CT molecular complexity index is 421. The molecular formula is C9H14N6S.